The lowest BCUT2D eigenvalue weighted by Crippen LogP contribution is -2.50. The number of carbonyl (C=O) groups is 4. The fourth-order valence-corrected chi connectivity index (χ4v) is 1.22. The summed E-state index contributed by atoms with van der Waals surface area (Å²) < 4.78 is 5.22. The first-order valence-electron chi connectivity index (χ1n) is 5.88. The molecular weight excluding hydrogens is 280 g/mol. The van der Waals surface area contributed by atoms with Crippen LogP contribution in [0.1, 0.15) is 6.92 Å². The van der Waals surface area contributed by atoms with Gasteiger partial charge in [0.2, 0.25) is 0 Å². The minimum absolute atomic E-state index is 0.361. The number of ether oxygens (including phenoxy) is 1. The molecule has 9 heteroatoms. The number of hydrazine groups is 1. The first kappa shape index (κ1) is 16.0. The van der Waals surface area contributed by atoms with Gasteiger partial charge >= 0.3 is 23.6 Å². The molecule has 4 amide bonds. The van der Waals surface area contributed by atoms with E-state index in [2.05, 4.69) is 11.1 Å². The van der Waals surface area contributed by atoms with Gasteiger partial charge in [0.25, 0.3) is 0 Å². The van der Waals surface area contributed by atoms with E-state index in [-0.39, 0.29) is 0 Å². The average molecular weight is 294 g/mol. The molecule has 0 spiro atoms. The van der Waals surface area contributed by atoms with Crippen molar-refractivity contribution in [1.82, 2.24) is 10.9 Å². The van der Waals surface area contributed by atoms with Gasteiger partial charge in [0.1, 0.15) is 5.75 Å². The molecule has 1 aromatic carbocycles. The molecule has 0 aromatic heterocycles. The zero-order valence-corrected chi connectivity index (χ0v) is 11.1. The van der Waals surface area contributed by atoms with Crippen molar-refractivity contribution in [2.45, 2.75) is 6.92 Å². The Kier molecular flexibility index (Phi) is 5.68. The van der Waals surface area contributed by atoms with Crippen molar-refractivity contribution in [3.8, 4) is 5.75 Å². The lowest BCUT2D eigenvalue weighted by atomic mass is 10.3. The highest BCUT2D eigenvalue weighted by atomic mass is 16.5. The Balaban J connectivity index is 2.50. The molecular formula is C12H14N4O5. The van der Waals surface area contributed by atoms with Gasteiger partial charge < -0.3 is 15.8 Å². The fourth-order valence-electron chi connectivity index (χ4n) is 1.22. The van der Waals surface area contributed by atoms with Gasteiger partial charge in [-0.1, -0.05) is 0 Å². The maximum Gasteiger partial charge on any atom is 0.328 e. The summed E-state index contributed by atoms with van der Waals surface area (Å²) in [6.07, 6.45) is 0. The van der Waals surface area contributed by atoms with E-state index < -0.39 is 23.6 Å². The maximum atomic E-state index is 11.5. The van der Waals surface area contributed by atoms with Crippen LogP contribution in [0.5, 0.6) is 5.75 Å². The number of primary amides is 1. The van der Waals surface area contributed by atoms with E-state index >= 15 is 0 Å². The first-order chi connectivity index (χ1) is 9.93. The van der Waals surface area contributed by atoms with Crippen LogP contribution >= 0.6 is 0 Å². The molecule has 21 heavy (non-hydrogen) atoms. The number of hydrogen-bond donors (Lipinski definition) is 4. The first-order valence-corrected chi connectivity index (χ1v) is 5.88. The predicted octanol–water partition coefficient (Wildman–Crippen LogP) is -1.34. The second kappa shape index (κ2) is 7.48. The van der Waals surface area contributed by atoms with Crippen LogP contribution in [0.25, 0.3) is 0 Å². The highest BCUT2D eigenvalue weighted by Gasteiger charge is 2.16. The van der Waals surface area contributed by atoms with E-state index in [0.29, 0.717) is 18.0 Å². The average Bonchev–Trinajstić information content (AvgIpc) is 2.46. The molecule has 0 fully saturated rings. The number of benzene rings is 1. The summed E-state index contributed by atoms with van der Waals surface area (Å²) in [5.74, 6) is -4.09. The molecule has 0 aliphatic rings. The van der Waals surface area contributed by atoms with E-state index in [1.807, 2.05) is 6.92 Å². The van der Waals surface area contributed by atoms with Crippen molar-refractivity contribution in [1.29, 1.82) is 0 Å². The van der Waals surface area contributed by atoms with Crippen molar-refractivity contribution in [3.05, 3.63) is 24.3 Å². The zero-order chi connectivity index (χ0) is 15.8. The molecule has 0 radical (unpaired) electrons. The molecule has 0 aliphatic carbocycles. The van der Waals surface area contributed by atoms with Crippen molar-refractivity contribution >= 4 is 29.3 Å². The molecule has 0 saturated heterocycles. The van der Waals surface area contributed by atoms with Crippen LogP contribution in [0.3, 0.4) is 0 Å². The van der Waals surface area contributed by atoms with Gasteiger partial charge in [-0.2, -0.15) is 0 Å². The summed E-state index contributed by atoms with van der Waals surface area (Å²) in [5.41, 5.74) is 8.43. The normalized spacial score (nSPS) is 9.38. The van der Waals surface area contributed by atoms with Crippen LogP contribution in [0.2, 0.25) is 0 Å². The van der Waals surface area contributed by atoms with E-state index in [0.717, 1.165) is 0 Å². The second-order valence-corrected chi connectivity index (χ2v) is 3.68. The van der Waals surface area contributed by atoms with Crippen molar-refractivity contribution in [2.75, 3.05) is 11.9 Å². The van der Waals surface area contributed by atoms with Gasteiger partial charge in [0.15, 0.2) is 0 Å². The standard InChI is InChI=1S/C12H14N4O5/c1-2-21-8-5-3-7(4-6-8)14-11(19)12(20)16-15-10(18)9(13)17/h3-6H,2H2,1H3,(H2,13,17)(H,14,19)(H,15,18)(H,16,20). The molecule has 0 unspecified atom stereocenters. The van der Waals surface area contributed by atoms with E-state index in [1.54, 1.807) is 23.0 Å². The van der Waals surface area contributed by atoms with Gasteiger partial charge in [-0.3, -0.25) is 30.0 Å². The monoisotopic (exact) mass is 294 g/mol. The summed E-state index contributed by atoms with van der Waals surface area (Å²) in [4.78, 5) is 44.0. The van der Waals surface area contributed by atoms with Crippen LogP contribution in [0.4, 0.5) is 5.69 Å². The summed E-state index contributed by atoms with van der Waals surface area (Å²) >= 11 is 0. The summed E-state index contributed by atoms with van der Waals surface area (Å²) in [6.45, 7) is 2.34. The smallest absolute Gasteiger partial charge is 0.328 e. The number of amides is 4. The second-order valence-electron chi connectivity index (χ2n) is 3.68. The van der Waals surface area contributed by atoms with Crippen molar-refractivity contribution in [3.63, 3.8) is 0 Å². The Morgan fingerprint density at radius 1 is 1.00 bits per heavy atom. The topological polar surface area (TPSA) is 140 Å². The van der Waals surface area contributed by atoms with Crippen molar-refractivity contribution < 1.29 is 23.9 Å². The lowest BCUT2D eigenvalue weighted by Gasteiger charge is -2.07. The largest absolute Gasteiger partial charge is 0.494 e. The highest BCUT2D eigenvalue weighted by molar-refractivity contribution is 6.40. The third-order valence-electron chi connectivity index (χ3n) is 2.14. The molecule has 0 atom stereocenters. The van der Waals surface area contributed by atoms with Crippen LogP contribution in [0.15, 0.2) is 24.3 Å². The minimum atomic E-state index is -1.29. The van der Waals surface area contributed by atoms with Crippen LogP contribution in [-0.4, -0.2) is 30.2 Å². The minimum Gasteiger partial charge on any atom is -0.494 e. The Morgan fingerprint density at radius 3 is 2.10 bits per heavy atom. The number of nitrogens with one attached hydrogen (secondary N) is 3. The molecule has 0 bridgehead atoms. The highest BCUT2D eigenvalue weighted by Crippen LogP contribution is 2.15. The molecule has 5 N–H and O–H groups in total. The molecule has 0 aliphatic heterocycles. The predicted molar refractivity (Wildman–Crippen MR) is 71.7 cm³/mol. The molecule has 9 nitrogen and oxygen atoms in total. The van der Waals surface area contributed by atoms with E-state index in [9.17, 15) is 19.2 Å². The fraction of sp³-hybridized carbons (Fsp3) is 0.167. The van der Waals surface area contributed by atoms with Gasteiger partial charge in [0.05, 0.1) is 6.61 Å². The zero-order valence-electron chi connectivity index (χ0n) is 11.1. The molecule has 0 saturated carbocycles. The number of carbonyl (C=O) groups excluding carboxylic acids is 4. The molecule has 1 rings (SSSR count). The Morgan fingerprint density at radius 2 is 1.57 bits per heavy atom. The lowest BCUT2D eigenvalue weighted by molar-refractivity contribution is -0.141. The third kappa shape index (κ3) is 5.19. The van der Waals surface area contributed by atoms with Gasteiger partial charge in [0, 0.05) is 5.69 Å². The molecule has 1 aromatic rings. The Bertz CT molecular complexity index is 555. The van der Waals surface area contributed by atoms with E-state index in [1.165, 1.54) is 12.1 Å². The van der Waals surface area contributed by atoms with Crippen molar-refractivity contribution in [2.24, 2.45) is 5.73 Å². The summed E-state index contributed by atoms with van der Waals surface area (Å²) in [6, 6.07) is 6.31. The number of nitrogens with two attached hydrogens (primary N) is 1. The van der Waals surface area contributed by atoms with Gasteiger partial charge in [-0.25, -0.2) is 0 Å². The number of anilines is 1. The quantitative estimate of drug-likeness (QED) is 0.403. The van der Waals surface area contributed by atoms with E-state index in [4.69, 9.17) is 4.74 Å². The number of rotatable bonds is 3. The molecule has 0 heterocycles. The van der Waals surface area contributed by atoms with Gasteiger partial charge in [-0.05, 0) is 31.2 Å². The van der Waals surface area contributed by atoms with Crippen LogP contribution < -0.4 is 26.6 Å². The Labute approximate surface area is 119 Å². The third-order valence-corrected chi connectivity index (χ3v) is 2.14. The van der Waals surface area contributed by atoms with Gasteiger partial charge in [-0.15, -0.1) is 0 Å². The SMILES string of the molecule is CCOc1ccc(NC(=O)C(=O)NNC(=O)C(N)=O)cc1. The number of hydrogen-bond acceptors (Lipinski definition) is 5. The maximum absolute atomic E-state index is 11.5. The summed E-state index contributed by atoms with van der Waals surface area (Å²) in [7, 11) is 0. The molecule has 112 valence electrons. The Hall–Kier alpha value is -3.10. The summed E-state index contributed by atoms with van der Waals surface area (Å²) in [5, 5.41) is 2.29. The van der Waals surface area contributed by atoms with Crippen LogP contribution in [-0.2, 0) is 19.2 Å². The van der Waals surface area contributed by atoms with Crippen LogP contribution in [0, 0.1) is 0 Å².